The minimum Gasteiger partial charge on any atom is -0.308 e. The van der Waals surface area contributed by atoms with Gasteiger partial charge in [0.2, 0.25) is 0 Å². The van der Waals surface area contributed by atoms with Gasteiger partial charge in [-0.1, -0.05) is 115 Å². The zero-order chi connectivity index (χ0) is 32.5. The Kier molecular flexibility index (Phi) is 4.94. The van der Waals surface area contributed by atoms with Crippen LogP contribution in [0, 0.1) is 0 Å². The highest BCUT2D eigenvalue weighted by Gasteiger charge is 2.26. The molecule has 230 valence electrons. The van der Waals surface area contributed by atoms with E-state index in [1.54, 1.807) is 0 Å². The van der Waals surface area contributed by atoms with E-state index in [4.69, 9.17) is 9.97 Å². The van der Waals surface area contributed by atoms with E-state index in [0.29, 0.717) is 0 Å². The first-order chi connectivity index (χ1) is 24.8. The minimum absolute atomic E-state index is 0.830. The van der Waals surface area contributed by atoms with Crippen molar-refractivity contribution in [1.29, 1.82) is 0 Å². The molecule has 12 rings (SSSR count). The lowest BCUT2D eigenvalue weighted by Gasteiger charge is -2.15. The van der Waals surface area contributed by atoms with Crippen molar-refractivity contribution in [2.75, 3.05) is 0 Å². The fourth-order valence-corrected chi connectivity index (χ4v) is 8.69. The second kappa shape index (κ2) is 9.43. The number of hydrogen-bond acceptors (Lipinski definition) is 2. The third kappa shape index (κ3) is 3.30. The summed E-state index contributed by atoms with van der Waals surface area (Å²) < 4.78 is 4.89. The van der Waals surface area contributed by atoms with Crippen molar-refractivity contribution in [3.63, 3.8) is 0 Å². The second-order valence-electron chi connectivity index (χ2n) is 13.4. The van der Waals surface area contributed by atoms with Crippen molar-refractivity contribution in [3.05, 3.63) is 158 Å². The molecule has 0 atom stereocenters. The highest BCUT2D eigenvalue weighted by Crippen LogP contribution is 2.48. The molecule has 0 aliphatic rings. The second-order valence-corrected chi connectivity index (χ2v) is 13.4. The topological polar surface area (TPSA) is 35.1 Å². The average molecular weight is 635 g/mol. The van der Waals surface area contributed by atoms with Crippen molar-refractivity contribution in [2.24, 2.45) is 0 Å². The van der Waals surface area contributed by atoms with Gasteiger partial charge in [-0.15, -0.1) is 0 Å². The molecule has 8 aromatic carbocycles. The van der Waals surface area contributed by atoms with Crippen LogP contribution in [-0.2, 0) is 0 Å². The van der Waals surface area contributed by atoms with Crippen LogP contribution in [0.1, 0.15) is 0 Å². The standard InChI is InChI=1S/C46H26N4/c1-2-10-27(11-3-1)30-13-8-14-31(26-30)44-46(48-35-17-6-5-16-34(35)47-44)50-38-24-22-29-21-20-28-12-9-19-37-40(28)41(29)42(38)43-39(50)25-23-33-32-15-4-7-18-36(32)49(37)45(33)43/h1-26H. The van der Waals surface area contributed by atoms with E-state index in [-0.39, 0.29) is 0 Å². The predicted octanol–water partition coefficient (Wildman–Crippen LogP) is 11.8. The maximum atomic E-state index is 5.47. The Balaban J connectivity index is 1.30. The summed E-state index contributed by atoms with van der Waals surface area (Å²) in [5, 5.41) is 10.1. The molecule has 0 N–H and O–H groups in total. The molecule has 4 heterocycles. The van der Waals surface area contributed by atoms with Gasteiger partial charge in [-0.25, -0.2) is 9.97 Å². The van der Waals surface area contributed by atoms with Gasteiger partial charge < -0.3 is 4.40 Å². The summed E-state index contributed by atoms with van der Waals surface area (Å²) in [6.45, 7) is 0. The number of para-hydroxylation sites is 3. The normalized spacial score (nSPS) is 12.4. The van der Waals surface area contributed by atoms with Gasteiger partial charge in [0, 0.05) is 37.9 Å². The Labute approximate surface area is 285 Å². The molecule has 0 aliphatic carbocycles. The Morgan fingerprint density at radius 3 is 1.94 bits per heavy atom. The van der Waals surface area contributed by atoms with E-state index in [9.17, 15) is 0 Å². The molecule has 4 heteroatoms. The molecule has 4 nitrogen and oxygen atoms in total. The van der Waals surface area contributed by atoms with Crippen molar-refractivity contribution < 1.29 is 0 Å². The third-order valence-corrected chi connectivity index (χ3v) is 10.8. The fourth-order valence-electron chi connectivity index (χ4n) is 8.69. The van der Waals surface area contributed by atoms with Crippen LogP contribution < -0.4 is 0 Å². The predicted molar refractivity (Wildman–Crippen MR) is 208 cm³/mol. The lowest BCUT2D eigenvalue weighted by molar-refractivity contribution is 1.08. The first kappa shape index (κ1) is 26.2. The smallest absolute Gasteiger partial charge is 0.165 e. The number of nitrogens with zero attached hydrogens (tertiary/aromatic N) is 4. The van der Waals surface area contributed by atoms with Gasteiger partial charge in [-0.2, -0.15) is 0 Å². The first-order valence-electron chi connectivity index (χ1n) is 17.1. The molecule has 0 fully saturated rings. The van der Waals surface area contributed by atoms with Crippen molar-refractivity contribution in [3.8, 4) is 28.2 Å². The van der Waals surface area contributed by atoms with Crippen molar-refractivity contribution in [1.82, 2.24) is 18.9 Å². The summed E-state index contributed by atoms with van der Waals surface area (Å²) in [4.78, 5) is 10.8. The van der Waals surface area contributed by atoms with Crippen LogP contribution in [0.2, 0.25) is 0 Å². The molecule has 0 amide bonds. The SMILES string of the molecule is c1ccc(-c2cccc(-c3nc4ccccc4nc3-n3c4ccc5ccc6cccc7c6c5c4c4c3ccc3c5ccccc5n7c34)c2)cc1. The summed E-state index contributed by atoms with van der Waals surface area (Å²) in [7, 11) is 0. The number of aromatic nitrogens is 4. The average Bonchev–Trinajstić information content (AvgIpc) is 3.65. The van der Waals surface area contributed by atoms with Gasteiger partial charge >= 0.3 is 0 Å². The maximum Gasteiger partial charge on any atom is 0.165 e. The molecule has 0 unspecified atom stereocenters. The van der Waals surface area contributed by atoms with E-state index >= 15 is 0 Å². The monoisotopic (exact) mass is 634 g/mol. The summed E-state index contributed by atoms with van der Waals surface area (Å²) >= 11 is 0. The van der Waals surface area contributed by atoms with Gasteiger partial charge in [0.1, 0.15) is 5.69 Å². The van der Waals surface area contributed by atoms with Crippen LogP contribution in [0.25, 0.3) is 110 Å². The molecule has 0 radical (unpaired) electrons. The zero-order valence-electron chi connectivity index (χ0n) is 26.8. The van der Waals surface area contributed by atoms with Gasteiger partial charge in [0.15, 0.2) is 5.82 Å². The van der Waals surface area contributed by atoms with E-state index in [0.717, 1.165) is 44.7 Å². The Morgan fingerprint density at radius 2 is 1.04 bits per heavy atom. The van der Waals surface area contributed by atoms with E-state index in [1.807, 2.05) is 12.1 Å². The number of fused-ring (bicyclic) bond motifs is 5. The Hall–Kier alpha value is -6.78. The molecule has 12 aromatic rings. The van der Waals surface area contributed by atoms with Crippen LogP contribution in [0.15, 0.2) is 158 Å². The molecule has 50 heavy (non-hydrogen) atoms. The van der Waals surface area contributed by atoms with Crippen LogP contribution in [0.5, 0.6) is 0 Å². The van der Waals surface area contributed by atoms with Crippen LogP contribution in [-0.4, -0.2) is 18.9 Å². The highest BCUT2D eigenvalue weighted by atomic mass is 15.1. The summed E-state index contributed by atoms with van der Waals surface area (Å²) in [5.74, 6) is 0.830. The lowest BCUT2D eigenvalue weighted by atomic mass is 9.97. The molecule has 4 aromatic heterocycles. The van der Waals surface area contributed by atoms with Gasteiger partial charge in [-0.05, 0) is 64.4 Å². The van der Waals surface area contributed by atoms with Gasteiger partial charge in [0.05, 0.1) is 38.6 Å². The zero-order valence-corrected chi connectivity index (χ0v) is 26.8. The molecule has 0 aliphatic heterocycles. The van der Waals surface area contributed by atoms with Crippen LogP contribution >= 0.6 is 0 Å². The quantitative estimate of drug-likeness (QED) is 0.181. The third-order valence-electron chi connectivity index (χ3n) is 10.8. The molecule has 0 bridgehead atoms. The van der Waals surface area contributed by atoms with E-state index < -0.39 is 0 Å². The highest BCUT2D eigenvalue weighted by molar-refractivity contribution is 6.37. The molecule has 0 saturated heterocycles. The lowest BCUT2D eigenvalue weighted by Crippen LogP contribution is -2.04. The van der Waals surface area contributed by atoms with Gasteiger partial charge in [-0.3, -0.25) is 4.57 Å². The maximum absolute atomic E-state index is 5.47. The summed E-state index contributed by atoms with van der Waals surface area (Å²) in [6.07, 6.45) is 0. The number of rotatable bonds is 3. The summed E-state index contributed by atoms with van der Waals surface area (Å²) in [5.41, 5.74) is 11.9. The first-order valence-corrected chi connectivity index (χ1v) is 17.1. The molecule has 0 spiro atoms. The van der Waals surface area contributed by atoms with Crippen molar-refractivity contribution >= 4 is 81.7 Å². The Bertz CT molecular complexity index is 3310. The van der Waals surface area contributed by atoms with Crippen molar-refractivity contribution in [2.45, 2.75) is 0 Å². The van der Waals surface area contributed by atoms with Crippen LogP contribution in [0.3, 0.4) is 0 Å². The number of hydrogen-bond donors (Lipinski definition) is 0. The van der Waals surface area contributed by atoms with Crippen LogP contribution in [0.4, 0.5) is 0 Å². The fraction of sp³-hybridized carbons (Fsp3) is 0. The van der Waals surface area contributed by atoms with Gasteiger partial charge in [0.25, 0.3) is 0 Å². The molecular weight excluding hydrogens is 609 g/mol. The van der Waals surface area contributed by atoms with E-state index in [1.165, 1.54) is 65.2 Å². The van der Waals surface area contributed by atoms with E-state index in [2.05, 4.69) is 155 Å². The molecular formula is C46H26N4. The molecule has 0 saturated carbocycles. The number of benzene rings is 8. The largest absolute Gasteiger partial charge is 0.308 e. The Morgan fingerprint density at radius 1 is 0.380 bits per heavy atom. The summed E-state index contributed by atoms with van der Waals surface area (Å²) in [6, 6.07) is 56.8. The minimum atomic E-state index is 0.830.